The molecular formula is C24H27N3O5S. The Hall–Kier alpha value is -3.20. The molecule has 1 N–H and O–H groups in total. The van der Waals surface area contributed by atoms with E-state index in [4.69, 9.17) is 0 Å². The van der Waals surface area contributed by atoms with E-state index in [0.717, 1.165) is 30.2 Å². The first-order chi connectivity index (χ1) is 15.6. The van der Waals surface area contributed by atoms with Gasteiger partial charge in [-0.3, -0.25) is 9.59 Å². The van der Waals surface area contributed by atoms with Crippen molar-refractivity contribution in [1.82, 2.24) is 14.5 Å². The van der Waals surface area contributed by atoms with Gasteiger partial charge in [-0.1, -0.05) is 0 Å². The smallest absolute Gasteiger partial charge is 0.307 e. The quantitative estimate of drug-likeness (QED) is 0.543. The minimum absolute atomic E-state index is 0.0467. The highest BCUT2D eigenvalue weighted by Gasteiger charge is 2.33. The maximum Gasteiger partial charge on any atom is 0.307 e. The molecule has 2 heterocycles. The topological polar surface area (TPSA) is 110 Å². The van der Waals surface area contributed by atoms with Crippen LogP contribution in [0.4, 0.5) is 0 Å². The molecule has 174 valence electrons. The van der Waals surface area contributed by atoms with E-state index >= 15 is 0 Å². The van der Waals surface area contributed by atoms with Crippen LogP contribution in [0.15, 0.2) is 41.4 Å². The van der Waals surface area contributed by atoms with Gasteiger partial charge in [-0.2, -0.15) is 0 Å². The van der Waals surface area contributed by atoms with Gasteiger partial charge in [0.1, 0.15) is 5.65 Å². The van der Waals surface area contributed by atoms with E-state index in [0.29, 0.717) is 29.0 Å². The number of amides is 1. The van der Waals surface area contributed by atoms with Gasteiger partial charge in [0.25, 0.3) is 0 Å². The van der Waals surface area contributed by atoms with E-state index in [1.54, 1.807) is 27.8 Å². The Kier molecular flexibility index (Phi) is 6.00. The number of carbonyl (C=O) groups is 2. The number of aryl methyl sites for hydroxylation is 1. The number of aliphatic carboxylic acids is 1. The molecular weight excluding hydrogens is 442 g/mol. The van der Waals surface area contributed by atoms with Gasteiger partial charge in [0.2, 0.25) is 5.91 Å². The van der Waals surface area contributed by atoms with Crippen LogP contribution in [-0.4, -0.2) is 52.7 Å². The summed E-state index contributed by atoms with van der Waals surface area (Å²) in [6.07, 6.45) is 4.50. The molecule has 1 aliphatic rings. The Bertz CT molecular complexity index is 1360. The second-order valence-electron chi connectivity index (χ2n) is 8.61. The molecule has 2 aromatic heterocycles. The summed E-state index contributed by atoms with van der Waals surface area (Å²) in [6.45, 7) is 4.52. The number of carboxylic acids is 1. The lowest BCUT2D eigenvalue weighted by Crippen LogP contribution is -2.32. The molecule has 1 saturated carbocycles. The molecule has 1 aliphatic carbocycles. The minimum atomic E-state index is -3.46. The van der Waals surface area contributed by atoms with Crippen LogP contribution in [0.1, 0.15) is 36.6 Å². The van der Waals surface area contributed by atoms with Crippen molar-refractivity contribution in [2.45, 2.75) is 44.6 Å². The fourth-order valence-electron chi connectivity index (χ4n) is 4.05. The molecule has 1 aromatic carbocycles. The first kappa shape index (κ1) is 23.0. The molecule has 8 nitrogen and oxygen atoms in total. The monoisotopic (exact) mass is 469 g/mol. The molecule has 33 heavy (non-hydrogen) atoms. The Morgan fingerprint density at radius 2 is 1.91 bits per heavy atom. The summed E-state index contributed by atoms with van der Waals surface area (Å²) in [5.41, 5.74) is 3.32. The summed E-state index contributed by atoms with van der Waals surface area (Å²) in [4.78, 5) is 30.8. The third-order valence-corrected chi connectivity index (χ3v) is 7.05. The molecule has 0 radical (unpaired) electrons. The van der Waals surface area contributed by atoms with Crippen LogP contribution in [0.3, 0.4) is 0 Å². The number of pyridine rings is 1. The number of sulfone groups is 1. The molecule has 0 saturated heterocycles. The summed E-state index contributed by atoms with van der Waals surface area (Å²) in [5.74, 6) is -0.828. The highest BCUT2D eigenvalue weighted by atomic mass is 32.2. The molecule has 0 unspecified atom stereocenters. The van der Waals surface area contributed by atoms with Crippen molar-refractivity contribution in [3.05, 3.63) is 53.3 Å². The second-order valence-corrected chi connectivity index (χ2v) is 10.6. The SMILES string of the molecule is CCN(Cc1cc(S(C)(=O)=O)ccc1-n1cc(CC(=O)O)c2ccc(C)nc21)C(=O)C1CC1. The van der Waals surface area contributed by atoms with Crippen molar-refractivity contribution >= 4 is 32.7 Å². The zero-order chi connectivity index (χ0) is 23.9. The number of aromatic nitrogens is 2. The van der Waals surface area contributed by atoms with Crippen molar-refractivity contribution in [1.29, 1.82) is 0 Å². The molecule has 0 bridgehead atoms. The van der Waals surface area contributed by atoms with Crippen molar-refractivity contribution in [3.8, 4) is 5.69 Å². The predicted molar refractivity (Wildman–Crippen MR) is 124 cm³/mol. The normalized spacial score (nSPS) is 13.9. The summed E-state index contributed by atoms with van der Waals surface area (Å²) >= 11 is 0. The Labute approximate surface area is 192 Å². The lowest BCUT2D eigenvalue weighted by atomic mass is 10.1. The number of hydrogen-bond donors (Lipinski definition) is 1. The largest absolute Gasteiger partial charge is 0.481 e. The van der Waals surface area contributed by atoms with Gasteiger partial charge in [-0.15, -0.1) is 0 Å². The number of fused-ring (bicyclic) bond motifs is 1. The molecule has 0 spiro atoms. The standard InChI is InChI=1S/C24H27N3O5S/c1-4-26(24(30)16-6-7-16)13-18-11-19(33(3,31)32)8-10-21(18)27-14-17(12-22(28)29)20-9-5-15(2)25-23(20)27/h5,8-11,14,16H,4,6-7,12-13H2,1-3H3,(H,28,29). The zero-order valence-electron chi connectivity index (χ0n) is 18.9. The van der Waals surface area contributed by atoms with Crippen LogP contribution in [0.25, 0.3) is 16.7 Å². The summed E-state index contributed by atoms with van der Waals surface area (Å²) in [6, 6.07) is 8.53. The lowest BCUT2D eigenvalue weighted by Gasteiger charge is -2.23. The maximum absolute atomic E-state index is 12.8. The van der Waals surface area contributed by atoms with E-state index in [-0.39, 0.29) is 29.7 Å². The van der Waals surface area contributed by atoms with Gasteiger partial charge in [0.15, 0.2) is 9.84 Å². The summed E-state index contributed by atoms with van der Waals surface area (Å²) in [7, 11) is -3.46. The molecule has 0 atom stereocenters. The van der Waals surface area contributed by atoms with Gasteiger partial charge in [-0.05, 0) is 68.1 Å². The lowest BCUT2D eigenvalue weighted by molar-refractivity contribution is -0.136. The highest BCUT2D eigenvalue weighted by molar-refractivity contribution is 7.90. The fraction of sp³-hybridized carbons (Fsp3) is 0.375. The molecule has 3 aromatic rings. The number of rotatable bonds is 8. The Morgan fingerprint density at radius 1 is 1.18 bits per heavy atom. The summed E-state index contributed by atoms with van der Waals surface area (Å²) in [5, 5.41) is 10.1. The first-order valence-electron chi connectivity index (χ1n) is 10.9. The zero-order valence-corrected chi connectivity index (χ0v) is 19.7. The molecule has 0 aliphatic heterocycles. The highest BCUT2D eigenvalue weighted by Crippen LogP contribution is 2.33. The van der Waals surface area contributed by atoms with Crippen LogP contribution in [0.5, 0.6) is 0 Å². The van der Waals surface area contributed by atoms with E-state index in [2.05, 4.69) is 4.98 Å². The number of carbonyl (C=O) groups excluding carboxylic acids is 1. The number of nitrogens with zero attached hydrogens (tertiary/aromatic N) is 3. The van der Waals surface area contributed by atoms with Gasteiger partial charge < -0.3 is 14.6 Å². The summed E-state index contributed by atoms with van der Waals surface area (Å²) < 4.78 is 26.3. The van der Waals surface area contributed by atoms with Crippen LogP contribution in [0, 0.1) is 12.8 Å². The third kappa shape index (κ3) is 4.78. The van der Waals surface area contributed by atoms with Crippen molar-refractivity contribution in [2.75, 3.05) is 12.8 Å². The van der Waals surface area contributed by atoms with E-state index in [1.807, 2.05) is 26.0 Å². The Balaban J connectivity index is 1.89. The van der Waals surface area contributed by atoms with Crippen LogP contribution in [-0.2, 0) is 32.4 Å². The maximum atomic E-state index is 12.8. The predicted octanol–water partition coefficient (Wildman–Crippen LogP) is 3.12. The molecule has 4 rings (SSSR count). The van der Waals surface area contributed by atoms with Crippen molar-refractivity contribution < 1.29 is 23.1 Å². The van der Waals surface area contributed by atoms with Gasteiger partial charge in [0.05, 0.1) is 17.0 Å². The van der Waals surface area contributed by atoms with Gasteiger partial charge >= 0.3 is 5.97 Å². The van der Waals surface area contributed by atoms with Crippen molar-refractivity contribution in [2.24, 2.45) is 5.92 Å². The number of carboxylic acid groups (broad SMARTS) is 1. The van der Waals surface area contributed by atoms with Gasteiger partial charge in [-0.25, -0.2) is 13.4 Å². The molecule has 1 amide bonds. The number of hydrogen-bond acceptors (Lipinski definition) is 5. The van der Waals surface area contributed by atoms with E-state index in [9.17, 15) is 23.1 Å². The van der Waals surface area contributed by atoms with E-state index < -0.39 is 15.8 Å². The first-order valence-corrected chi connectivity index (χ1v) is 12.8. The Morgan fingerprint density at radius 3 is 2.52 bits per heavy atom. The minimum Gasteiger partial charge on any atom is -0.481 e. The van der Waals surface area contributed by atoms with E-state index in [1.165, 1.54) is 6.07 Å². The van der Waals surface area contributed by atoms with Crippen LogP contribution in [0.2, 0.25) is 0 Å². The third-order valence-electron chi connectivity index (χ3n) is 5.93. The van der Waals surface area contributed by atoms with Gasteiger partial charge in [0, 0.05) is 42.5 Å². The molecule has 1 fully saturated rings. The fourth-order valence-corrected chi connectivity index (χ4v) is 4.72. The molecule has 9 heteroatoms. The second kappa shape index (κ2) is 8.62. The number of benzene rings is 1. The van der Waals surface area contributed by atoms with Crippen LogP contribution >= 0.6 is 0 Å². The van der Waals surface area contributed by atoms with Crippen LogP contribution < -0.4 is 0 Å². The average Bonchev–Trinajstić information content (AvgIpc) is 3.54. The average molecular weight is 470 g/mol. The van der Waals surface area contributed by atoms with Crippen molar-refractivity contribution in [3.63, 3.8) is 0 Å².